The first-order valence-electron chi connectivity index (χ1n) is 7.87. The fraction of sp³-hybridized carbons (Fsp3) is 0.278. The Morgan fingerprint density at radius 2 is 1.96 bits per heavy atom. The number of aryl methyl sites for hydroxylation is 1. The first-order valence-corrected chi connectivity index (χ1v) is 7.87. The van der Waals surface area contributed by atoms with E-state index in [0.29, 0.717) is 18.1 Å². The van der Waals surface area contributed by atoms with Gasteiger partial charge in [0.15, 0.2) is 11.4 Å². The number of benzene rings is 2. The number of hydrogen-bond acceptors (Lipinski definition) is 4. The van der Waals surface area contributed by atoms with Crippen molar-refractivity contribution < 1.29 is 9.53 Å². The van der Waals surface area contributed by atoms with Crippen molar-refractivity contribution in [2.24, 2.45) is 0 Å². The molecule has 2 aromatic carbocycles. The van der Waals surface area contributed by atoms with Crippen molar-refractivity contribution in [1.29, 1.82) is 0 Å². The average molecular weight is 324 g/mol. The Morgan fingerprint density at radius 1 is 1.21 bits per heavy atom. The number of rotatable bonds is 5. The van der Waals surface area contributed by atoms with Gasteiger partial charge < -0.3 is 10.1 Å². The molecule has 1 heterocycles. The predicted octanol–water partition coefficient (Wildman–Crippen LogP) is 3.25. The van der Waals surface area contributed by atoms with Gasteiger partial charge in [0.2, 0.25) is 0 Å². The van der Waals surface area contributed by atoms with E-state index in [4.69, 9.17) is 4.74 Å². The van der Waals surface area contributed by atoms with E-state index in [9.17, 15) is 4.79 Å². The second-order valence-electron chi connectivity index (χ2n) is 6.03. The minimum absolute atomic E-state index is 0.279. The molecular formula is C18H20N4O2. The summed E-state index contributed by atoms with van der Waals surface area (Å²) in [6.07, 6.45) is 1.68. The summed E-state index contributed by atoms with van der Waals surface area (Å²) in [4.78, 5) is 12.5. The van der Waals surface area contributed by atoms with E-state index in [0.717, 1.165) is 10.8 Å². The second-order valence-corrected chi connectivity index (χ2v) is 6.03. The standard InChI is InChI=1S/C18H20N4O2/c1-4-22-12-16(20-21-22)19-17(23)18(2,3)24-15-10-9-13-7-5-6-8-14(13)11-15/h5-12H,4H2,1-3H3,(H,19,23). The Labute approximate surface area is 140 Å². The number of fused-ring (bicyclic) bond motifs is 1. The summed E-state index contributed by atoms with van der Waals surface area (Å²) in [6.45, 7) is 6.09. The van der Waals surface area contributed by atoms with Crippen LogP contribution in [-0.4, -0.2) is 26.5 Å². The van der Waals surface area contributed by atoms with Gasteiger partial charge in [0.1, 0.15) is 5.75 Å². The fourth-order valence-corrected chi connectivity index (χ4v) is 2.35. The van der Waals surface area contributed by atoms with E-state index in [-0.39, 0.29) is 5.91 Å². The summed E-state index contributed by atoms with van der Waals surface area (Å²) < 4.78 is 7.56. The van der Waals surface area contributed by atoms with Crippen LogP contribution >= 0.6 is 0 Å². The van der Waals surface area contributed by atoms with E-state index in [2.05, 4.69) is 15.6 Å². The molecule has 1 aromatic heterocycles. The van der Waals surface area contributed by atoms with Gasteiger partial charge in [0, 0.05) is 6.54 Å². The lowest BCUT2D eigenvalue weighted by atomic mass is 10.1. The van der Waals surface area contributed by atoms with Gasteiger partial charge in [0.05, 0.1) is 6.20 Å². The van der Waals surface area contributed by atoms with Gasteiger partial charge in [-0.05, 0) is 43.7 Å². The second kappa shape index (κ2) is 6.31. The van der Waals surface area contributed by atoms with Crippen molar-refractivity contribution in [1.82, 2.24) is 15.0 Å². The zero-order valence-electron chi connectivity index (χ0n) is 14.0. The number of ether oxygens (including phenoxy) is 1. The van der Waals surface area contributed by atoms with Crippen molar-refractivity contribution in [3.63, 3.8) is 0 Å². The number of carbonyl (C=O) groups excluding carboxylic acids is 1. The monoisotopic (exact) mass is 324 g/mol. The van der Waals surface area contributed by atoms with Crippen LogP contribution in [0.1, 0.15) is 20.8 Å². The Balaban J connectivity index is 1.74. The minimum Gasteiger partial charge on any atom is -0.478 e. The van der Waals surface area contributed by atoms with Crippen LogP contribution in [0.5, 0.6) is 5.75 Å². The first-order chi connectivity index (χ1) is 11.5. The van der Waals surface area contributed by atoms with Crippen LogP contribution in [-0.2, 0) is 11.3 Å². The smallest absolute Gasteiger partial charge is 0.269 e. The fourth-order valence-electron chi connectivity index (χ4n) is 2.35. The summed E-state index contributed by atoms with van der Waals surface area (Å²) in [5.41, 5.74) is -1.04. The third kappa shape index (κ3) is 3.37. The molecule has 6 nitrogen and oxygen atoms in total. The number of nitrogens with one attached hydrogen (secondary N) is 1. The summed E-state index contributed by atoms with van der Waals surface area (Å²) >= 11 is 0. The topological polar surface area (TPSA) is 69.0 Å². The van der Waals surface area contributed by atoms with Gasteiger partial charge in [0.25, 0.3) is 5.91 Å². The molecule has 6 heteroatoms. The molecule has 1 N–H and O–H groups in total. The highest BCUT2D eigenvalue weighted by Gasteiger charge is 2.30. The summed E-state index contributed by atoms with van der Waals surface area (Å²) in [7, 11) is 0. The number of aromatic nitrogens is 3. The van der Waals surface area contributed by atoms with Gasteiger partial charge in [-0.3, -0.25) is 9.48 Å². The van der Waals surface area contributed by atoms with Gasteiger partial charge in [-0.15, -0.1) is 5.10 Å². The number of nitrogens with zero attached hydrogens (tertiary/aromatic N) is 3. The lowest BCUT2D eigenvalue weighted by Gasteiger charge is -2.25. The molecule has 3 rings (SSSR count). The summed E-state index contributed by atoms with van der Waals surface area (Å²) in [5, 5.41) is 12.7. The predicted molar refractivity (Wildman–Crippen MR) is 93.0 cm³/mol. The summed E-state index contributed by atoms with van der Waals surface area (Å²) in [6, 6.07) is 13.8. The quantitative estimate of drug-likeness (QED) is 0.782. The number of hydrogen-bond donors (Lipinski definition) is 1. The van der Waals surface area contributed by atoms with Gasteiger partial charge in [-0.1, -0.05) is 35.5 Å². The first kappa shape index (κ1) is 16.0. The zero-order chi connectivity index (χ0) is 17.2. The molecule has 1 amide bonds. The van der Waals surface area contributed by atoms with Gasteiger partial charge in [-0.25, -0.2) is 0 Å². The van der Waals surface area contributed by atoms with E-state index >= 15 is 0 Å². The number of amides is 1. The molecule has 0 spiro atoms. The number of carbonyl (C=O) groups is 1. The molecule has 0 aliphatic carbocycles. The Bertz CT molecular complexity index is 870. The van der Waals surface area contributed by atoms with Crippen LogP contribution in [0.25, 0.3) is 10.8 Å². The highest BCUT2D eigenvalue weighted by atomic mass is 16.5. The Morgan fingerprint density at radius 3 is 2.67 bits per heavy atom. The van der Waals surface area contributed by atoms with Gasteiger partial charge >= 0.3 is 0 Å². The maximum atomic E-state index is 12.5. The largest absolute Gasteiger partial charge is 0.478 e. The lowest BCUT2D eigenvalue weighted by Crippen LogP contribution is -2.42. The third-order valence-corrected chi connectivity index (χ3v) is 3.75. The minimum atomic E-state index is -1.04. The van der Waals surface area contributed by atoms with Crippen molar-refractivity contribution in [2.45, 2.75) is 32.9 Å². The van der Waals surface area contributed by atoms with E-state index in [1.165, 1.54) is 0 Å². The molecule has 0 atom stereocenters. The van der Waals surface area contributed by atoms with Gasteiger partial charge in [-0.2, -0.15) is 0 Å². The van der Waals surface area contributed by atoms with Crippen LogP contribution in [0.2, 0.25) is 0 Å². The zero-order valence-corrected chi connectivity index (χ0v) is 14.0. The van der Waals surface area contributed by atoms with E-state index in [1.807, 2.05) is 49.4 Å². The average Bonchev–Trinajstić information content (AvgIpc) is 3.02. The maximum Gasteiger partial charge on any atom is 0.269 e. The Hall–Kier alpha value is -2.89. The molecule has 0 aliphatic heterocycles. The maximum absolute atomic E-state index is 12.5. The van der Waals surface area contributed by atoms with Crippen LogP contribution in [0.15, 0.2) is 48.7 Å². The molecule has 0 radical (unpaired) electrons. The van der Waals surface area contributed by atoms with Crippen LogP contribution < -0.4 is 10.1 Å². The normalized spacial score (nSPS) is 11.5. The van der Waals surface area contributed by atoms with Crippen molar-refractivity contribution in [3.8, 4) is 5.75 Å². The van der Waals surface area contributed by atoms with E-state index < -0.39 is 5.60 Å². The molecule has 0 unspecified atom stereocenters. The van der Waals surface area contributed by atoms with Crippen molar-refractivity contribution in [2.75, 3.05) is 5.32 Å². The molecular weight excluding hydrogens is 304 g/mol. The summed E-state index contributed by atoms with van der Waals surface area (Å²) in [5.74, 6) is 0.780. The highest BCUT2D eigenvalue weighted by Crippen LogP contribution is 2.24. The molecule has 0 saturated heterocycles. The molecule has 0 fully saturated rings. The lowest BCUT2D eigenvalue weighted by molar-refractivity contribution is -0.128. The SMILES string of the molecule is CCn1cc(NC(=O)C(C)(C)Oc2ccc3ccccc3c2)nn1. The van der Waals surface area contributed by atoms with Crippen molar-refractivity contribution >= 4 is 22.5 Å². The van der Waals surface area contributed by atoms with Crippen LogP contribution in [0, 0.1) is 0 Å². The van der Waals surface area contributed by atoms with Crippen LogP contribution in [0.4, 0.5) is 5.82 Å². The molecule has 0 aliphatic rings. The molecule has 124 valence electrons. The molecule has 3 aromatic rings. The molecule has 24 heavy (non-hydrogen) atoms. The van der Waals surface area contributed by atoms with Crippen molar-refractivity contribution in [3.05, 3.63) is 48.7 Å². The molecule has 0 bridgehead atoms. The molecule has 0 saturated carbocycles. The third-order valence-electron chi connectivity index (χ3n) is 3.75. The highest BCUT2D eigenvalue weighted by molar-refractivity contribution is 5.96. The number of anilines is 1. The Kier molecular flexibility index (Phi) is 4.20. The van der Waals surface area contributed by atoms with E-state index in [1.54, 1.807) is 24.7 Å². The van der Waals surface area contributed by atoms with Crippen LogP contribution in [0.3, 0.4) is 0 Å².